The number of hydrogen-bond donors (Lipinski definition) is 0. The molecule has 3 aromatic rings. The van der Waals surface area contributed by atoms with Crippen LogP contribution in [0, 0.1) is 0 Å². The van der Waals surface area contributed by atoms with Gasteiger partial charge < -0.3 is 0 Å². The molecule has 0 aliphatic carbocycles. The number of nitrogens with zero attached hydrogens (tertiary/aromatic N) is 1. The van der Waals surface area contributed by atoms with Crippen molar-refractivity contribution in [2.45, 2.75) is 19.8 Å². The van der Waals surface area contributed by atoms with Crippen LogP contribution >= 0.6 is 0 Å². The molecule has 84 valence electrons. The topological polar surface area (TPSA) is 12.9 Å². The highest BCUT2D eigenvalue weighted by molar-refractivity contribution is 5.93. The third-order valence-corrected chi connectivity index (χ3v) is 3.15. The van der Waals surface area contributed by atoms with E-state index in [1.807, 2.05) is 6.07 Å². The van der Waals surface area contributed by atoms with Crippen LogP contribution in [0.5, 0.6) is 0 Å². The lowest BCUT2D eigenvalue weighted by Gasteiger charge is -2.06. The maximum absolute atomic E-state index is 4.80. The molecule has 0 aliphatic rings. The van der Waals surface area contributed by atoms with Crippen LogP contribution in [0.2, 0.25) is 0 Å². The van der Waals surface area contributed by atoms with Gasteiger partial charge in [-0.1, -0.05) is 49.7 Å². The Bertz CT molecular complexity index is 670. The molecule has 0 atom stereocenters. The highest BCUT2D eigenvalue weighted by Gasteiger charge is 2.03. The van der Waals surface area contributed by atoms with Crippen LogP contribution in [-0.4, -0.2) is 4.98 Å². The zero-order chi connectivity index (χ0) is 11.7. The molecular weight excluding hydrogens is 206 g/mol. The summed E-state index contributed by atoms with van der Waals surface area (Å²) in [5.41, 5.74) is 3.60. The molecule has 0 N–H and O–H groups in total. The SMILES string of the molecule is CCCc1cccc2cc3ccccc3nc12. The number of pyridine rings is 1. The fraction of sp³-hybridized carbons (Fsp3) is 0.188. The lowest BCUT2D eigenvalue weighted by atomic mass is 10.0. The maximum atomic E-state index is 4.80. The van der Waals surface area contributed by atoms with Gasteiger partial charge in [0.05, 0.1) is 11.0 Å². The highest BCUT2D eigenvalue weighted by atomic mass is 14.7. The first-order chi connectivity index (χ1) is 8.38. The Morgan fingerprint density at radius 3 is 2.65 bits per heavy atom. The van der Waals surface area contributed by atoms with Gasteiger partial charge >= 0.3 is 0 Å². The Labute approximate surface area is 101 Å². The normalized spacial score (nSPS) is 11.1. The van der Waals surface area contributed by atoms with E-state index < -0.39 is 0 Å². The molecule has 0 fully saturated rings. The number of para-hydroxylation sites is 2. The smallest absolute Gasteiger partial charge is 0.0741 e. The molecule has 0 radical (unpaired) electrons. The molecule has 0 saturated heterocycles. The lowest BCUT2D eigenvalue weighted by Crippen LogP contribution is -1.89. The monoisotopic (exact) mass is 221 g/mol. The van der Waals surface area contributed by atoms with Gasteiger partial charge in [-0.05, 0) is 24.1 Å². The summed E-state index contributed by atoms with van der Waals surface area (Å²) in [4.78, 5) is 4.80. The van der Waals surface area contributed by atoms with E-state index >= 15 is 0 Å². The molecule has 0 aliphatic heterocycles. The minimum absolute atomic E-state index is 1.09. The summed E-state index contributed by atoms with van der Waals surface area (Å²) in [5, 5.41) is 2.46. The average molecular weight is 221 g/mol. The zero-order valence-corrected chi connectivity index (χ0v) is 9.98. The van der Waals surface area contributed by atoms with Crippen LogP contribution in [-0.2, 0) is 6.42 Å². The third-order valence-electron chi connectivity index (χ3n) is 3.15. The lowest BCUT2D eigenvalue weighted by molar-refractivity contribution is 0.927. The number of fused-ring (bicyclic) bond motifs is 2. The van der Waals surface area contributed by atoms with Crippen molar-refractivity contribution in [1.29, 1.82) is 0 Å². The number of aromatic nitrogens is 1. The van der Waals surface area contributed by atoms with Crippen LogP contribution in [0.1, 0.15) is 18.9 Å². The molecule has 0 unspecified atom stereocenters. The molecule has 1 heterocycles. The van der Waals surface area contributed by atoms with Crippen molar-refractivity contribution in [3.63, 3.8) is 0 Å². The van der Waals surface area contributed by atoms with E-state index in [4.69, 9.17) is 4.98 Å². The van der Waals surface area contributed by atoms with Gasteiger partial charge in [0.15, 0.2) is 0 Å². The first-order valence-electron chi connectivity index (χ1n) is 6.16. The first-order valence-corrected chi connectivity index (χ1v) is 6.16. The minimum Gasteiger partial charge on any atom is -0.248 e. The average Bonchev–Trinajstić information content (AvgIpc) is 2.37. The Hall–Kier alpha value is -1.89. The maximum Gasteiger partial charge on any atom is 0.0741 e. The van der Waals surface area contributed by atoms with Crippen LogP contribution in [0.3, 0.4) is 0 Å². The van der Waals surface area contributed by atoms with Gasteiger partial charge in [0.2, 0.25) is 0 Å². The van der Waals surface area contributed by atoms with E-state index in [9.17, 15) is 0 Å². The third kappa shape index (κ3) is 1.78. The Balaban J connectivity index is 2.35. The summed E-state index contributed by atoms with van der Waals surface area (Å²) in [7, 11) is 0. The van der Waals surface area contributed by atoms with Gasteiger partial charge in [0.1, 0.15) is 0 Å². The van der Waals surface area contributed by atoms with E-state index in [0.717, 1.165) is 23.9 Å². The highest BCUT2D eigenvalue weighted by Crippen LogP contribution is 2.22. The Kier molecular flexibility index (Phi) is 2.52. The van der Waals surface area contributed by atoms with Gasteiger partial charge in [0, 0.05) is 10.8 Å². The summed E-state index contributed by atoms with van der Waals surface area (Å²) in [6.07, 6.45) is 2.26. The predicted molar refractivity (Wildman–Crippen MR) is 73.2 cm³/mol. The fourth-order valence-electron chi connectivity index (χ4n) is 2.33. The number of hydrogen-bond acceptors (Lipinski definition) is 1. The van der Waals surface area contributed by atoms with Crippen LogP contribution in [0.25, 0.3) is 21.8 Å². The largest absolute Gasteiger partial charge is 0.248 e. The molecule has 0 saturated carbocycles. The van der Waals surface area contributed by atoms with E-state index in [1.165, 1.54) is 16.3 Å². The van der Waals surface area contributed by atoms with Crippen LogP contribution in [0.4, 0.5) is 0 Å². The molecule has 2 aromatic carbocycles. The van der Waals surface area contributed by atoms with Gasteiger partial charge in [-0.2, -0.15) is 0 Å². The second kappa shape index (κ2) is 4.17. The van der Waals surface area contributed by atoms with Gasteiger partial charge in [0.25, 0.3) is 0 Å². The molecule has 0 bridgehead atoms. The Morgan fingerprint density at radius 2 is 1.76 bits per heavy atom. The predicted octanol–water partition coefficient (Wildman–Crippen LogP) is 4.34. The second-order valence-electron chi connectivity index (χ2n) is 4.42. The number of rotatable bonds is 2. The molecule has 1 nitrogen and oxygen atoms in total. The summed E-state index contributed by atoms with van der Waals surface area (Å²) in [6, 6.07) is 17.0. The van der Waals surface area contributed by atoms with Crippen LogP contribution in [0.15, 0.2) is 48.5 Å². The standard InChI is InChI=1S/C16H15N/c1-2-6-12-8-5-9-14-11-13-7-3-4-10-15(13)17-16(12)14/h3-5,7-11H,2,6H2,1H3. The first kappa shape index (κ1) is 10.3. The molecule has 17 heavy (non-hydrogen) atoms. The van der Waals surface area contributed by atoms with Crippen molar-refractivity contribution in [3.8, 4) is 0 Å². The summed E-state index contributed by atoms with van der Waals surface area (Å²) < 4.78 is 0. The molecule has 1 aromatic heterocycles. The van der Waals surface area contributed by atoms with Crippen LogP contribution < -0.4 is 0 Å². The van der Waals surface area contributed by atoms with Gasteiger partial charge in [-0.15, -0.1) is 0 Å². The van der Waals surface area contributed by atoms with E-state index in [-0.39, 0.29) is 0 Å². The van der Waals surface area contributed by atoms with E-state index in [2.05, 4.69) is 49.4 Å². The van der Waals surface area contributed by atoms with Gasteiger partial charge in [-0.3, -0.25) is 0 Å². The zero-order valence-electron chi connectivity index (χ0n) is 9.98. The van der Waals surface area contributed by atoms with Crippen molar-refractivity contribution in [3.05, 3.63) is 54.1 Å². The molecule has 0 spiro atoms. The quantitative estimate of drug-likeness (QED) is 0.586. The molecular formula is C16H15N. The summed E-state index contributed by atoms with van der Waals surface area (Å²) >= 11 is 0. The second-order valence-corrected chi connectivity index (χ2v) is 4.42. The van der Waals surface area contributed by atoms with Crippen molar-refractivity contribution in [1.82, 2.24) is 4.98 Å². The van der Waals surface area contributed by atoms with Crippen molar-refractivity contribution < 1.29 is 0 Å². The summed E-state index contributed by atoms with van der Waals surface area (Å²) in [6.45, 7) is 2.21. The minimum atomic E-state index is 1.09. The fourth-order valence-corrected chi connectivity index (χ4v) is 2.33. The number of aryl methyl sites for hydroxylation is 1. The molecule has 1 heteroatoms. The van der Waals surface area contributed by atoms with Crippen molar-refractivity contribution in [2.24, 2.45) is 0 Å². The van der Waals surface area contributed by atoms with E-state index in [0.29, 0.717) is 0 Å². The Morgan fingerprint density at radius 1 is 0.941 bits per heavy atom. The number of benzene rings is 2. The van der Waals surface area contributed by atoms with E-state index in [1.54, 1.807) is 0 Å². The molecule has 0 amide bonds. The van der Waals surface area contributed by atoms with Crippen molar-refractivity contribution >= 4 is 21.8 Å². The summed E-state index contributed by atoms with van der Waals surface area (Å²) in [5.74, 6) is 0. The van der Waals surface area contributed by atoms with Gasteiger partial charge in [-0.25, -0.2) is 4.98 Å². The molecule has 3 rings (SSSR count). The van der Waals surface area contributed by atoms with Crippen molar-refractivity contribution in [2.75, 3.05) is 0 Å².